The van der Waals surface area contributed by atoms with Crippen molar-refractivity contribution in [1.82, 2.24) is 10.3 Å². The van der Waals surface area contributed by atoms with E-state index in [1.165, 1.54) is 30.6 Å². The van der Waals surface area contributed by atoms with Crippen LogP contribution in [0.2, 0.25) is 0 Å². The van der Waals surface area contributed by atoms with Crippen molar-refractivity contribution < 1.29 is 22.7 Å². The predicted octanol–water partition coefficient (Wildman–Crippen LogP) is 3.09. The molecule has 0 unspecified atom stereocenters. The van der Waals surface area contributed by atoms with Gasteiger partial charge in [0.15, 0.2) is 0 Å². The molecule has 4 nitrogen and oxygen atoms in total. The minimum Gasteiger partial charge on any atom is -0.375 e. The summed E-state index contributed by atoms with van der Waals surface area (Å²) < 4.78 is 42.2. The Morgan fingerprint density at radius 1 is 1.32 bits per heavy atom. The summed E-state index contributed by atoms with van der Waals surface area (Å²) in [5.41, 5.74) is 0.552. The number of carbonyl (C=O) groups excluding carboxylic acids is 1. The standard InChI is InChI=1S/C14H13F3N2O2S/c1-21-7-12(20)18-6-11-8-22-13(19-11)9-2-4-10(5-3-9)14(15,16)17/h2-5,8H,6-7H2,1H3,(H,18,20). The lowest BCUT2D eigenvalue weighted by molar-refractivity contribution is -0.137. The van der Waals surface area contributed by atoms with Gasteiger partial charge in [-0.05, 0) is 12.1 Å². The average Bonchev–Trinajstić information content (AvgIpc) is 2.93. The Hall–Kier alpha value is -1.93. The minimum atomic E-state index is -4.35. The predicted molar refractivity (Wildman–Crippen MR) is 76.3 cm³/mol. The molecule has 1 heterocycles. The lowest BCUT2D eigenvalue weighted by Gasteiger charge is -2.06. The number of hydrogen-bond donors (Lipinski definition) is 1. The molecule has 1 amide bonds. The van der Waals surface area contributed by atoms with Crippen LogP contribution in [-0.2, 0) is 22.3 Å². The number of halogens is 3. The van der Waals surface area contributed by atoms with Crippen LogP contribution in [0.4, 0.5) is 13.2 Å². The molecule has 8 heteroatoms. The van der Waals surface area contributed by atoms with Gasteiger partial charge in [-0.25, -0.2) is 4.98 Å². The number of hydrogen-bond acceptors (Lipinski definition) is 4. The summed E-state index contributed by atoms with van der Waals surface area (Å²) >= 11 is 1.31. The highest BCUT2D eigenvalue weighted by molar-refractivity contribution is 7.13. The number of nitrogens with zero attached hydrogens (tertiary/aromatic N) is 1. The van der Waals surface area contributed by atoms with Crippen LogP contribution in [0.15, 0.2) is 29.6 Å². The lowest BCUT2D eigenvalue weighted by Crippen LogP contribution is -2.26. The van der Waals surface area contributed by atoms with Crippen molar-refractivity contribution in [3.05, 3.63) is 40.9 Å². The smallest absolute Gasteiger partial charge is 0.375 e. The van der Waals surface area contributed by atoms with Crippen molar-refractivity contribution in [2.75, 3.05) is 13.7 Å². The van der Waals surface area contributed by atoms with E-state index in [4.69, 9.17) is 0 Å². The fourth-order valence-corrected chi connectivity index (χ4v) is 2.52. The Bertz CT molecular complexity index is 638. The van der Waals surface area contributed by atoms with Crippen molar-refractivity contribution in [2.24, 2.45) is 0 Å². The molecule has 0 aliphatic rings. The topological polar surface area (TPSA) is 51.2 Å². The van der Waals surface area contributed by atoms with Crippen LogP contribution in [0.3, 0.4) is 0 Å². The molecule has 118 valence electrons. The first-order valence-corrected chi connectivity index (χ1v) is 7.16. The summed E-state index contributed by atoms with van der Waals surface area (Å²) in [5, 5.41) is 4.98. The fourth-order valence-electron chi connectivity index (χ4n) is 1.69. The third kappa shape index (κ3) is 4.28. The maximum atomic E-state index is 12.5. The Kier molecular flexibility index (Phi) is 5.15. The number of alkyl halides is 3. The average molecular weight is 330 g/mol. The number of rotatable bonds is 5. The zero-order valence-electron chi connectivity index (χ0n) is 11.6. The molecular weight excluding hydrogens is 317 g/mol. The van der Waals surface area contributed by atoms with Crippen molar-refractivity contribution in [3.8, 4) is 10.6 Å². The second kappa shape index (κ2) is 6.89. The second-order valence-electron chi connectivity index (χ2n) is 4.43. The Balaban J connectivity index is 2.03. The molecule has 1 N–H and O–H groups in total. The molecule has 1 aromatic carbocycles. The molecule has 2 aromatic rings. The van der Waals surface area contributed by atoms with Crippen LogP contribution in [0.1, 0.15) is 11.3 Å². The van der Waals surface area contributed by atoms with Crippen molar-refractivity contribution >= 4 is 17.2 Å². The first kappa shape index (κ1) is 16.4. The summed E-state index contributed by atoms with van der Waals surface area (Å²) in [4.78, 5) is 15.5. The van der Waals surface area contributed by atoms with E-state index in [1.54, 1.807) is 5.38 Å². The summed E-state index contributed by atoms with van der Waals surface area (Å²) in [5.74, 6) is -0.258. The first-order valence-electron chi connectivity index (χ1n) is 6.28. The molecular formula is C14H13F3N2O2S. The largest absolute Gasteiger partial charge is 0.416 e. The van der Waals surface area contributed by atoms with Crippen molar-refractivity contribution in [1.29, 1.82) is 0 Å². The number of nitrogens with one attached hydrogen (secondary N) is 1. The van der Waals surface area contributed by atoms with Gasteiger partial charge >= 0.3 is 6.18 Å². The van der Waals surface area contributed by atoms with E-state index in [2.05, 4.69) is 15.0 Å². The van der Waals surface area contributed by atoms with Crippen LogP contribution in [0.5, 0.6) is 0 Å². The minimum absolute atomic E-state index is 0.0318. The summed E-state index contributed by atoms with van der Waals surface area (Å²) in [6.45, 7) is 0.217. The number of amides is 1. The van der Waals surface area contributed by atoms with Crippen LogP contribution in [0.25, 0.3) is 10.6 Å². The zero-order chi connectivity index (χ0) is 16.2. The Morgan fingerprint density at radius 3 is 2.59 bits per heavy atom. The number of benzene rings is 1. The van der Waals surface area contributed by atoms with E-state index < -0.39 is 11.7 Å². The molecule has 0 bridgehead atoms. The monoisotopic (exact) mass is 330 g/mol. The van der Waals surface area contributed by atoms with Gasteiger partial charge in [-0.3, -0.25) is 4.79 Å². The summed E-state index contributed by atoms with van der Waals surface area (Å²) in [6, 6.07) is 4.82. The normalized spacial score (nSPS) is 11.5. The highest BCUT2D eigenvalue weighted by Crippen LogP contribution is 2.31. The van der Waals surface area contributed by atoms with Crippen LogP contribution in [-0.4, -0.2) is 24.6 Å². The molecule has 0 fully saturated rings. The third-order valence-electron chi connectivity index (χ3n) is 2.75. The molecule has 0 aliphatic heterocycles. The second-order valence-corrected chi connectivity index (χ2v) is 5.29. The Labute approximate surface area is 128 Å². The molecule has 1 aromatic heterocycles. The number of aromatic nitrogens is 1. The number of thiazole rings is 1. The van der Waals surface area contributed by atoms with Crippen LogP contribution in [0, 0.1) is 0 Å². The van der Waals surface area contributed by atoms with Gasteiger partial charge in [0.1, 0.15) is 11.6 Å². The van der Waals surface area contributed by atoms with Crippen molar-refractivity contribution in [3.63, 3.8) is 0 Å². The number of carbonyl (C=O) groups is 1. The molecule has 0 radical (unpaired) electrons. The van der Waals surface area contributed by atoms with E-state index in [9.17, 15) is 18.0 Å². The van der Waals surface area contributed by atoms with Gasteiger partial charge in [0, 0.05) is 18.1 Å². The van der Waals surface area contributed by atoms with E-state index >= 15 is 0 Å². The molecule has 2 rings (SSSR count). The van der Waals surface area contributed by atoms with E-state index in [1.807, 2.05) is 0 Å². The van der Waals surface area contributed by atoms with Gasteiger partial charge in [-0.1, -0.05) is 12.1 Å². The SMILES string of the molecule is COCC(=O)NCc1csc(-c2ccc(C(F)(F)F)cc2)n1. The quantitative estimate of drug-likeness (QED) is 0.916. The third-order valence-corrected chi connectivity index (χ3v) is 3.69. The van der Waals surface area contributed by atoms with Crippen LogP contribution < -0.4 is 5.32 Å². The molecule has 0 saturated carbocycles. The van der Waals surface area contributed by atoms with Gasteiger partial charge < -0.3 is 10.1 Å². The highest BCUT2D eigenvalue weighted by Gasteiger charge is 2.30. The van der Waals surface area contributed by atoms with E-state index in [0.29, 0.717) is 16.3 Å². The fraction of sp³-hybridized carbons (Fsp3) is 0.286. The summed E-state index contributed by atoms with van der Waals surface area (Å²) in [7, 11) is 1.42. The first-order chi connectivity index (χ1) is 10.4. The van der Waals surface area contributed by atoms with Crippen molar-refractivity contribution in [2.45, 2.75) is 12.7 Å². The van der Waals surface area contributed by atoms with Gasteiger partial charge in [0.2, 0.25) is 5.91 Å². The van der Waals surface area contributed by atoms with Gasteiger partial charge in [-0.15, -0.1) is 11.3 Å². The number of ether oxygens (including phenoxy) is 1. The molecule has 0 atom stereocenters. The molecule has 0 aliphatic carbocycles. The van der Waals surface area contributed by atoms with Gasteiger partial charge in [0.25, 0.3) is 0 Å². The lowest BCUT2D eigenvalue weighted by atomic mass is 10.1. The zero-order valence-corrected chi connectivity index (χ0v) is 12.4. The molecule has 0 spiro atoms. The summed E-state index contributed by atoms with van der Waals surface area (Å²) in [6.07, 6.45) is -4.35. The van der Waals surface area contributed by atoms with Gasteiger partial charge in [-0.2, -0.15) is 13.2 Å². The highest BCUT2D eigenvalue weighted by atomic mass is 32.1. The Morgan fingerprint density at radius 2 is 2.00 bits per heavy atom. The van der Waals surface area contributed by atoms with E-state index in [0.717, 1.165) is 12.1 Å². The maximum Gasteiger partial charge on any atom is 0.416 e. The maximum absolute atomic E-state index is 12.5. The molecule has 22 heavy (non-hydrogen) atoms. The van der Waals surface area contributed by atoms with Gasteiger partial charge in [0.05, 0.1) is 17.8 Å². The van der Waals surface area contributed by atoms with E-state index in [-0.39, 0.29) is 19.1 Å². The van der Waals surface area contributed by atoms with Crippen LogP contribution >= 0.6 is 11.3 Å². The number of methoxy groups -OCH3 is 1. The molecule has 0 saturated heterocycles.